The van der Waals surface area contributed by atoms with E-state index >= 15 is 0 Å². The second-order valence-corrected chi connectivity index (χ2v) is 4.64. The van der Waals surface area contributed by atoms with E-state index in [0.717, 1.165) is 6.42 Å². The fourth-order valence-electron chi connectivity index (χ4n) is 1.66. The van der Waals surface area contributed by atoms with Crippen LogP contribution in [-0.4, -0.2) is 32.1 Å². The van der Waals surface area contributed by atoms with E-state index in [-0.39, 0.29) is 6.61 Å². The lowest BCUT2D eigenvalue weighted by atomic mass is 10.1. The fourth-order valence-corrected chi connectivity index (χ4v) is 1.66. The van der Waals surface area contributed by atoms with Crippen LogP contribution in [0.5, 0.6) is 0 Å². The smallest absolute Gasteiger partial charge is 0.330 e. The Hall–Kier alpha value is -1.21. The zero-order valence-electron chi connectivity index (χ0n) is 11.6. The number of nitrogens with one attached hydrogen (secondary N) is 1. The second kappa shape index (κ2) is 8.29. The van der Waals surface area contributed by atoms with Gasteiger partial charge in [0.15, 0.2) is 0 Å². The summed E-state index contributed by atoms with van der Waals surface area (Å²) >= 11 is 0. The zero-order chi connectivity index (χ0) is 15.9. The van der Waals surface area contributed by atoms with E-state index in [1.807, 2.05) is 6.92 Å². The third-order valence-corrected chi connectivity index (χ3v) is 2.81. The van der Waals surface area contributed by atoms with Gasteiger partial charge in [-0.1, -0.05) is 19.1 Å². The van der Waals surface area contributed by atoms with E-state index in [9.17, 15) is 22.0 Å². The predicted octanol–water partition coefficient (Wildman–Crippen LogP) is 3.78. The maximum Gasteiger partial charge on any atom is 0.330 e. The van der Waals surface area contributed by atoms with Crippen LogP contribution in [0.2, 0.25) is 0 Å². The molecule has 21 heavy (non-hydrogen) atoms. The molecule has 2 nitrogen and oxygen atoms in total. The zero-order valence-corrected chi connectivity index (χ0v) is 11.6. The number of benzene rings is 1. The lowest BCUT2D eigenvalue weighted by Gasteiger charge is -2.21. The highest BCUT2D eigenvalue weighted by Crippen LogP contribution is 2.23. The number of hydrogen-bond acceptors (Lipinski definition) is 2. The maximum atomic E-state index is 12.9. The van der Waals surface area contributed by atoms with Gasteiger partial charge in [0.05, 0.1) is 12.6 Å². The highest BCUT2D eigenvalue weighted by molar-refractivity contribution is 5.20. The Morgan fingerprint density at radius 2 is 1.81 bits per heavy atom. The van der Waals surface area contributed by atoms with Crippen molar-refractivity contribution in [2.75, 3.05) is 19.8 Å². The highest BCUT2D eigenvalue weighted by Gasteiger charge is 2.41. The predicted molar refractivity (Wildman–Crippen MR) is 69.2 cm³/mol. The van der Waals surface area contributed by atoms with Crippen LogP contribution in [0, 0.1) is 5.82 Å². The quantitative estimate of drug-likeness (QED) is 0.701. The van der Waals surface area contributed by atoms with Crippen molar-refractivity contribution >= 4 is 0 Å². The summed E-state index contributed by atoms with van der Waals surface area (Å²) in [5, 5.41) is 3.04. The van der Waals surface area contributed by atoms with Gasteiger partial charge in [0, 0.05) is 0 Å². The summed E-state index contributed by atoms with van der Waals surface area (Å²) in [5.41, 5.74) is 0.644. The van der Waals surface area contributed by atoms with E-state index in [4.69, 9.17) is 4.74 Å². The van der Waals surface area contributed by atoms with Crippen LogP contribution in [0.25, 0.3) is 0 Å². The lowest BCUT2D eigenvalue weighted by Crippen LogP contribution is -2.34. The minimum Gasteiger partial charge on any atom is -0.373 e. The molecule has 0 fully saturated rings. The molecular weight excluding hydrogens is 293 g/mol. The number of halogens is 5. The fraction of sp³-hybridized carbons (Fsp3) is 0.571. The van der Waals surface area contributed by atoms with Crippen molar-refractivity contribution in [1.29, 1.82) is 0 Å². The molecule has 0 aliphatic rings. The topological polar surface area (TPSA) is 21.3 Å². The molecule has 0 bridgehead atoms. The van der Waals surface area contributed by atoms with Crippen LogP contribution in [0.15, 0.2) is 24.3 Å². The summed E-state index contributed by atoms with van der Waals surface area (Å²) in [7, 11) is 0. The first-order valence-electron chi connectivity index (χ1n) is 6.59. The van der Waals surface area contributed by atoms with E-state index in [1.165, 1.54) is 24.3 Å². The Kier molecular flexibility index (Phi) is 7.04. The van der Waals surface area contributed by atoms with Crippen LogP contribution in [0.3, 0.4) is 0 Å². The first kappa shape index (κ1) is 17.8. The van der Waals surface area contributed by atoms with Crippen molar-refractivity contribution in [1.82, 2.24) is 5.32 Å². The summed E-state index contributed by atoms with van der Waals surface area (Å²) in [4.78, 5) is 0. The molecule has 0 aliphatic carbocycles. The summed E-state index contributed by atoms with van der Waals surface area (Å²) < 4.78 is 67.1. The van der Waals surface area contributed by atoms with Crippen molar-refractivity contribution in [3.63, 3.8) is 0 Å². The number of alkyl halides is 4. The lowest BCUT2D eigenvalue weighted by molar-refractivity contribution is -0.167. The molecule has 0 amide bonds. The minimum atomic E-state index is -4.17. The van der Waals surface area contributed by atoms with Gasteiger partial charge in [-0.2, -0.15) is 8.78 Å². The maximum absolute atomic E-state index is 12.9. The summed E-state index contributed by atoms with van der Waals surface area (Å²) in [6.45, 7) is 0.960. The molecule has 1 aromatic carbocycles. The van der Waals surface area contributed by atoms with Crippen molar-refractivity contribution in [3.05, 3.63) is 35.6 Å². The normalized spacial score (nSPS) is 13.7. The molecule has 0 aliphatic heterocycles. The molecule has 1 rings (SSSR count). The Bertz CT molecular complexity index is 410. The number of ether oxygens (including phenoxy) is 1. The Balaban J connectivity index is 2.60. The van der Waals surface area contributed by atoms with Gasteiger partial charge in [0.2, 0.25) is 0 Å². The first-order chi connectivity index (χ1) is 9.86. The first-order valence-corrected chi connectivity index (χ1v) is 6.59. The molecule has 0 heterocycles. The van der Waals surface area contributed by atoms with Crippen LogP contribution in [-0.2, 0) is 4.74 Å². The number of rotatable bonds is 9. The van der Waals surface area contributed by atoms with Crippen LogP contribution >= 0.6 is 0 Å². The van der Waals surface area contributed by atoms with Gasteiger partial charge >= 0.3 is 12.3 Å². The third-order valence-electron chi connectivity index (χ3n) is 2.81. The molecule has 1 atom stereocenters. The van der Waals surface area contributed by atoms with Crippen molar-refractivity contribution in [2.24, 2.45) is 0 Å². The van der Waals surface area contributed by atoms with Crippen LogP contribution < -0.4 is 5.32 Å². The molecule has 0 spiro atoms. The van der Waals surface area contributed by atoms with Gasteiger partial charge in [-0.25, -0.2) is 13.2 Å². The molecule has 0 radical (unpaired) electrons. The van der Waals surface area contributed by atoms with Crippen molar-refractivity contribution < 1.29 is 26.7 Å². The molecule has 1 unspecified atom stereocenters. The van der Waals surface area contributed by atoms with Gasteiger partial charge in [-0.3, -0.25) is 0 Å². The molecular formula is C14H18F5NO. The average molecular weight is 311 g/mol. The van der Waals surface area contributed by atoms with E-state index in [1.54, 1.807) is 0 Å². The Morgan fingerprint density at radius 3 is 2.33 bits per heavy atom. The average Bonchev–Trinajstić information content (AvgIpc) is 2.43. The van der Waals surface area contributed by atoms with Crippen LogP contribution in [0.4, 0.5) is 22.0 Å². The summed E-state index contributed by atoms with van der Waals surface area (Å²) in [6, 6.07) is 5.01. The van der Waals surface area contributed by atoms with Crippen molar-refractivity contribution in [3.8, 4) is 0 Å². The van der Waals surface area contributed by atoms with E-state index in [0.29, 0.717) is 12.1 Å². The van der Waals surface area contributed by atoms with Gasteiger partial charge < -0.3 is 10.1 Å². The standard InChI is InChI=1S/C14H18F5NO/c1-2-7-20-12(10-3-5-11(15)6-4-10)8-21-9-14(18,19)13(16)17/h3-6,12-13,20H,2,7-9H2,1H3. The van der Waals surface area contributed by atoms with Gasteiger partial charge in [-0.15, -0.1) is 0 Å². The van der Waals surface area contributed by atoms with Gasteiger partial charge in [0.1, 0.15) is 12.4 Å². The molecule has 0 aromatic heterocycles. The molecule has 0 saturated carbocycles. The second-order valence-electron chi connectivity index (χ2n) is 4.64. The molecule has 0 saturated heterocycles. The number of hydrogen-bond donors (Lipinski definition) is 1. The summed E-state index contributed by atoms with van der Waals surface area (Å²) in [6.07, 6.45) is -2.96. The summed E-state index contributed by atoms with van der Waals surface area (Å²) in [5.74, 6) is -4.59. The highest BCUT2D eigenvalue weighted by atomic mass is 19.3. The monoisotopic (exact) mass is 311 g/mol. The van der Waals surface area contributed by atoms with E-state index in [2.05, 4.69) is 5.32 Å². The van der Waals surface area contributed by atoms with E-state index < -0.39 is 30.8 Å². The minimum absolute atomic E-state index is 0.200. The molecule has 1 aromatic rings. The Labute approximate surface area is 120 Å². The Morgan fingerprint density at radius 1 is 1.19 bits per heavy atom. The largest absolute Gasteiger partial charge is 0.373 e. The van der Waals surface area contributed by atoms with Gasteiger partial charge in [0.25, 0.3) is 0 Å². The molecule has 120 valence electrons. The van der Waals surface area contributed by atoms with Crippen LogP contribution in [0.1, 0.15) is 24.9 Å². The molecule has 7 heteroatoms. The SMILES string of the molecule is CCCNC(COCC(F)(F)C(F)F)c1ccc(F)cc1. The van der Waals surface area contributed by atoms with Crippen molar-refractivity contribution in [2.45, 2.75) is 31.7 Å². The van der Waals surface area contributed by atoms with Gasteiger partial charge in [-0.05, 0) is 30.7 Å². The third kappa shape index (κ3) is 5.97. The molecule has 1 N–H and O–H groups in total.